The minimum atomic E-state index is -0.456. The van der Waals surface area contributed by atoms with Crippen molar-refractivity contribution in [3.05, 3.63) is 113 Å². The van der Waals surface area contributed by atoms with E-state index in [1.165, 1.54) is 50.8 Å². The number of anilines is 1. The molecule has 2 atom stereocenters. The molecule has 2 aromatic heterocycles. The lowest BCUT2D eigenvalue weighted by Crippen LogP contribution is -2.28. The van der Waals surface area contributed by atoms with Crippen molar-refractivity contribution in [2.24, 2.45) is 0 Å². The molecule has 0 saturated carbocycles. The van der Waals surface area contributed by atoms with E-state index in [1.54, 1.807) is 60.7 Å². The molecule has 0 bridgehead atoms. The summed E-state index contributed by atoms with van der Waals surface area (Å²) < 4.78 is 36.5. The Morgan fingerprint density at radius 2 is 1.34 bits per heavy atom. The molecule has 13 heteroatoms. The molecule has 10 nitrogen and oxygen atoms in total. The van der Waals surface area contributed by atoms with Gasteiger partial charge in [-0.1, -0.05) is 24.9 Å². The number of ether oxygens (including phenoxy) is 2. The molecule has 2 aliphatic heterocycles. The van der Waals surface area contributed by atoms with Crippen molar-refractivity contribution in [3.8, 4) is 22.5 Å². The molecule has 58 heavy (non-hydrogen) atoms. The van der Waals surface area contributed by atoms with Crippen LogP contribution in [0.5, 0.6) is 0 Å². The second-order valence-corrected chi connectivity index (χ2v) is 14.7. The first-order valence-corrected chi connectivity index (χ1v) is 20.0. The largest absolute Gasteiger partial charge is 0.465 e. The van der Waals surface area contributed by atoms with Crippen LogP contribution in [-0.2, 0) is 9.47 Å². The fourth-order valence-electron chi connectivity index (χ4n) is 6.74. The van der Waals surface area contributed by atoms with E-state index in [1.807, 2.05) is 0 Å². The smallest absolute Gasteiger partial charge is 0.338 e. The molecular formula is C45H47ClF2N6O4. The maximum absolute atomic E-state index is 13.5. The quantitative estimate of drug-likeness (QED) is 0.118. The summed E-state index contributed by atoms with van der Waals surface area (Å²) in [5.41, 5.74) is 5.93. The molecule has 0 amide bonds. The summed E-state index contributed by atoms with van der Waals surface area (Å²) in [5.74, 6) is -0.643. The average molecular weight is 809 g/mol. The van der Waals surface area contributed by atoms with Crippen LogP contribution in [0.15, 0.2) is 84.9 Å². The van der Waals surface area contributed by atoms with Gasteiger partial charge >= 0.3 is 11.9 Å². The Morgan fingerprint density at radius 3 is 1.86 bits per heavy atom. The van der Waals surface area contributed by atoms with Crippen LogP contribution in [0, 0.1) is 11.6 Å². The van der Waals surface area contributed by atoms with E-state index in [0.29, 0.717) is 57.1 Å². The fourth-order valence-corrected chi connectivity index (χ4v) is 6.98. The number of rotatable bonds is 8. The normalized spacial score (nSPS) is 16.0. The number of halogens is 3. The summed E-state index contributed by atoms with van der Waals surface area (Å²) in [5, 5.41) is 3.50. The molecule has 0 aliphatic carbocycles. The van der Waals surface area contributed by atoms with Gasteiger partial charge in [-0.25, -0.2) is 38.3 Å². The Bertz CT molecular complexity index is 2360. The van der Waals surface area contributed by atoms with Gasteiger partial charge in [0, 0.05) is 29.8 Å². The highest BCUT2D eigenvalue weighted by molar-refractivity contribution is 6.32. The summed E-state index contributed by atoms with van der Waals surface area (Å²) in [4.78, 5) is 44.6. The Balaban J connectivity index is 0.000000176. The summed E-state index contributed by atoms with van der Waals surface area (Å²) in [6.07, 6.45) is 6.75. The van der Waals surface area contributed by atoms with E-state index in [4.69, 9.17) is 26.3 Å². The molecule has 1 N–H and O–H groups in total. The number of carbonyl (C=O) groups is 2. The van der Waals surface area contributed by atoms with Crippen LogP contribution in [0.2, 0.25) is 5.15 Å². The molecule has 8 rings (SSSR count). The first-order chi connectivity index (χ1) is 28.0. The van der Waals surface area contributed by atoms with Gasteiger partial charge in [0.25, 0.3) is 0 Å². The zero-order chi connectivity index (χ0) is 41.2. The molecule has 6 aromatic rings. The summed E-state index contributed by atoms with van der Waals surface area (Å²) in [6.45, 7) is 9.01. The van der Waals surface area contributed by atoms with Crippen LogP contribution in [0.4, 0.5) is 14.6 Å². The van der Waals surface area contributed by atoms with Crippen LogP contribution < -0.4 is 10.2 Å². The number of nitrogens with zero attached hydrogens (tertiary/aromatic N) is 5. The maximum Gasteiger partial charge on any atom is 0.338 e. The van der Waals surface area contributed by atoms with Gasteiger partial charge in [0.1, 0.15) is 23.0 Å². The zero-order valence-corrected chi connectivity index (χ0v) is 33.9. The van der Waals surface area contributed by atoms with E-state index in [0.717, 1.165) is 55.3 Å². The summed E-state index contributed by atoms with van der Waals surface area (Å²) in [7, 11) is 1.31. The predicted octanol–water partition coefficient (Wildman–Crippen LogP) is 10.0. The zero-order valence-electron chi connectivity index (χ0n) is 33.1. The topological polar surface area (TPSA) is 119 Å². The van der Waals surface area contributed by atoms with Gasteiger partial charge in [0.05, 0.1) is 46.9 Å². The number of fused-ring (bicyclic) bond motifs is 2. The number of unbranched alkanes of at least 4 members (excludes halogenated alkanes) is 1. The highest BCUT2D eigenvalue weighted by Gasteiger charge is 2.26. The second kappa shape index (κ2) is 19.7. The standard InChI is InChI=1S/C24H26FN3O2.C16H10ClFN2O2.C5H11N/c1-3-4-14-30-24(29)18-9-12-20-21(15-18)27-23(28-13-5-6-16(28)2)22(26-20)17-7-10-19(25)11-8-17;1-22-16(21)10-4-7-12-13(8-10)20-15(17)14(19-12)9-2-5-11(18)6-3-9;1-5-3-2-4-6-5/h7-12,15-16H,3-6,13-14H2,1-2H3;2-8H,1H3;5-6H,2-4H2,1H3/t16-;;5-/m0.0/s1. The molecule has 0 unspecified atom stereocenters. The van der Waals surface area contributed by atoms with Gasteiger partial charge in [-0.05, 0) is 137 Å². The van der Waals surface area contributed by atoms with E-state index in [9.17, 15) is 18.4 Å². The number of aromatic nitrogens is 4. The van der Waals surface area contributed by atoms with Gasteiger partial charge in [-0.3, -0.25) is 0 Å². The number of carbonyl (C=O) groups excluding carboxylic acids is 2. The molecule has 4 heterocycles. The molecule has 2 saturated heterocycles. The van der Waals surface area contributed by atoms with Crippen LogP contribution in [0.1, 0.15) is 80.0 Å². The Kier molecular flexibility index (Phi) is 14.3. The van der Waals surface area contributed by atoms with Crippen molar-refractivity contribution >= 4 is 51.4 Å². The van der Waals surface area contributed by atoms with E-state index in [2.05, 4.69) is 45.7 Å². The Hall–Kier alpha value is -5.59. The van der Waals surface area contributed by atoms with Crippen molar-refractivity contribution < 1.29 is 27.8 Å². The number of esters is 2. The van der Waals surface area contributed by atoms with Gasteiger partial charge in [-0.2, -0.15) is 0 Å². The van der Waals surface area contributed by atoms with Crippen LogP contribution >= 0.6 is 11.6 Å². The molecule has 0 spiro atoms. The molecule has 2 aliphatic rings. The van der Waals surface area contributed by atoms with Crippen molar-refractivity contribution in [1.82, 2.24) is 25.3 Å². The Labute approximate surface area is 342 Å². The summed E-state index contributed by atoms with van der Waals surface area (Å²) in [6, 6.07) is 23.4. The monoisotopic (exact) mass is 808 g/mol. The molecule has 2 fully saturated rings. The van der Waals surface area contributed by atoms with Crippen molar-refractivity contribution in [1.29, 1.82) is 0 Å². The third-order valence-corrected chi connectivity index (χ3v) is 10.3. The fraction of sp³-hybridized carbons (Fsp3) is 0.333. The molecule has 302 valence electrons. The van der Waals surface area contributed by atoms with Gasteiger partial charge in [0.2, 0.25) is 0 Å². The SMILES string of the molecule is CCCCOC(=O)c1ccc2nc(-c3ccc(F)cc3)c(N3CCC[C@@H]3C)nc2c1.COC(=O)c1ccc2nc(-c3ccc(F)cc3)c(Cl)nc2c1.C[C@H]1CCCN1. The lowest BCUT2D eigenvalue weighted by Gasteiger charge is -2.25. The first kappa shape index (κ1) is 42.0. The van der Waals surface area contributed by atoms with Gasteiger partial charge in [-0.15, -0.1) is 0 Å². The highest BCUT2D eigenvalue weighted by atomic mass is 35.5. The van der Waals surface area contributed by atoms with Crippen LogP contribution in [0.25, 0.3) is 44.6 Å². The number of hydrogen-bond acceptors (Lipinski definition) is 10. The van der Waals surface area contributed by atoms with Gasteiger partial charge in [0.15, 0.2) is 11.0 Å². The van der Waals surface area contributed by atoms with Crippen LogP contribution in [0.3, 0.4) is 0 Å². The number of nitrogens with one attached hydrogen (secondary N) is 1. The summed E-state index contributed by atoms with van der Waals surface area (Å²) >= 11 is 6.16. The van der Waals surface area contributed by atoms with Crippen molar-refractivity contribution in [2.75, 3.05) is 31.7 Å². The Morgan fingerprint density at radius 1 is 0.759 bits per heavy atom. The third kappa shape index (κ3) is 10.5. The van der Waals surface area contributed by atoms with Gasteiger partial charge < -0.3 is 19.7 Å². The number of hydrogen-bond donors (Lipinski definition) is 1. The highest BCUT2D eigenvalue weighted by Crippen LogP contribution is 2.34. The maximum atomic E-state index is 13.5. The van der Waals surface area contributed by atoms with E-state index < -0.39 is 5.97 Å². The minimum Gasteiger partial charge on any atom is -0.465 e. The third-order valence-electron chi connectivity index (χ3n) is 10.0. The lowest BCUT2D eigenvalue weighted by molar-refractivity contribution is 0.0499. The molecular weight excluding hydrogens is 762 g/mol. The lowest BCUT2D eigenvalue weighted by atomic mass is 10.1. The number of methoxy groups -OCH3 is 1. The molecule has 4 aromatic carbocycles. The van der Waals surface area contributed by atoms with Crippen LogP contribution in [-0.4, -0.2) is 70.8 Å². The van der Waals surface area contributed by atoms with Crippen molar-refractivity contribution in [2.45, 2.75) is 71.4 Å². The van der Waals surface area contributed by atoms with E-state index >= 15 is 0 Å². The first-order valence-electron chi connectivity index (χ1n) is 19.6. The van der Waals surface area contributed by atoms with Crippen molar-refractivity contribution in [3.63, 3.8) is 0 Å². The second-order valence-electron chi connectivity index (χ2n) is 14.3. The molecule has 0 radical (unpaired) electrons. The van der Waals surface area contributed by atoms with E-state index in [-0.39, 0.29) is 22.8 Å². The number of benzene rings is 4. The minimum absolute atomic E-state index is 0.182. The predicted molar refractivity (Wildman–Crippen MR) is 224 cm³/mol. The average Bonchev–Trinajstić information content (AvgIpc) is 3.91.